The number of hydrogen-bond donors (Lipinski definition) is 1. The first-order valence-electron chi connectivity index (χ1n) is 12.4. The van der Waals surface area contributed by atoms with Gasteiger partial charge in [-0.05, 0) is 42.4 Å². The van der Waals surface area contributed by atoms with Crippen molar-refractivity contribution in [3.63, 3.8) is 0 Å². The minimum Gasteiger partial charge on any atom is -0.480 e. The Hall–Kier alpha value is -4.34. The lowest BCUT2D eigenvalue weighted by molar-refractivity contribution is -0.384. The second kappa shape index (κ2) is 10.7. The minimum absolute atomic E-state index is 0.115. The number of nitro benzene ring substituents is 1. The third-order valence-electron chi connectivity index (χ3n) is 6.72. The van der Waals surface area contributed by atoms with Crippen molar-refractivity contribution >= 4 is 22.8 Å². The van der Waals surface area contributed by atoms with E-state index in [2.05, 4.69) is 39.2 Å². The van der Waals surface area contributed by atoms with Crippen LogP contribution in [-0.2, 0) is 24.2 Å². The summed E-state index contributed by atoms with van der Waals surface area (Å²) in [4.78, 5) is 35.4. The monoisotopic (exact) mass is 501 g/mol. The Morgan fingerprint density at radius 2 is 1.86 bits per heavy atom. The molecule has 0 amide bonds. The molecule has 0 radical (unpaired) electrons. The summed E-state index contributed by atoms with van der Waals surface area (Å²) in [5.74, 6) is 0.440. The van der Waals surface area contributed by atoms with Gasteiger partial charge in [-0.2, -0.15) is 4.98 Å². The van der Waals surface area contributed by atoms with Crippen molar-refractivity contribution in [3.05, 3.63) is 81.9 Å². The summed E-state index contributed by atoms with van der Waals surface area (Å²) in [6, 6.07) is 14.5. The summed E-state index contributed by atoms with van der Waals surface area (Å²) in [6.45, 7) is -0.314. The van der Waals surface area contributed by atoms with Crippen LogP contribution in [0.25, 0.3) is 11.2 Å². The minimum atomic E-state index is -1.03. The van der Waals surface area contributed by atoms with Crippen LogP contribution in [0.2, 0.25) is 0 Å². The fourth-order valence-electron chi connectivity index (χ4n) is 4.83. The first-order valence-corrected chi connectivity index (χ1v) is 12.4. The highest BCUT2D eigenvalue weighted by Gasteiger charge is 2.18. The number of nitrogens with zero attached hydrogens (tertiary/aromatic N) is 5. The molecule has 2 aromatic carbocycles. The number of hydrogen-bond acceptors (Lipinski definition) is 7. The number of imidazole rings is 1. The number of carbonyl (C=O) groups is 1. The number of fused-ring (bicyclic) bond motifs is 1. The number of aliphatic carboxylic acids is 1. The number of carboxylic acid groups (broad SMARTS) is 1. The Balaban J connectivity index is 1.40. The zero-order valence-corrected chi connectivity index (χ0v) is 20.2. The van der Waals surface area contributed by atoms with Crippen molar-refractivity contribution in [1.29, 1.82) is 0 Å². The highest BCUT2D eigenvalue weighted by molar-refractivity contribution is 5.78. The number of ether oxygens (including phenoxy) is 1. The summed E-state index contributed by atoms with van der Waals surface area (Å²) in [5.41, 5.74) is 3.06. The van der Waals surface area contributed by atoms with Crippen LogP contribution in [0, 0.1) is 10.1 Å². The smallest absolute Gasteiger partial charge is 0.323 e. The van der Waals surface area contributed by atoms with Crippen molar-refractivity contribution in [2.75, 3.05) is 0 Å². The Labute approximate surface area is 213 Å². The van der Waals surface area contributed by atoms with Gasteiger partial charge >= 0.3 is 5.97 Å². The first kappa shape index (κ1) is 24.4. The molecule has 0 unspecified atom stereocenters. The molecule has 1 saturated carbocycles. The maximum absolute atomic E-state index is 11.3. The van der Waals surface area contributed by atoms with Gasteiger partial charge in [0.1, 0.15) is 18.1 Å². The van der Waals surface area contributed by atoms with Crippen LogP contribution in [0.4, 0.5) is 5.69 Å². The fraction of sp³-hybridized carbons (Fsp3) is 0.333. The number of benzene rings is 2. The van der Waals surface area contributed by atoms with Gasteiger partial charge in [0, 0.05) is 12.5 Å². The van der Waals surface area contributed by atoms with Crippen molar-refractivity contribution < 1.29 is 19.6 Å². The molecule has 10 heteroatoms. The van der Waals surface area contributed by atoms with E-state index >= 15 is 0 Å². The molecular formula is C27H27N5O5. The third kappa shape index (κ3) is 5.74. The van der Waals surface area contributed by atoms with Crippen LogP contribution in [0.15, 0.2) is 54.9 Å². The van der Waals surface area contributed by atoms with Gasteiger partial charge in [-0.15, -0.1) is 0 Å². The standard InChI is InChI=1S/C27H27N5O5/c33-24(34)16-31-17-28-25-26(31)29-23(30-27(25)37-22-8-4-7-21(15-22)32(35)36)14-11-18-9-12-20(13-10-18)19-5-2-1-3-6-19/h4,7-10,12-13,15,17,19H,1-3,5-6,11,14,16H2,(H,33,34). The van der Waals surface area contributed by atoms with Gasteiger partial charge in [0.15, 0.2) is 11.2 Å². The Morgan fingerprint density at radius 1 is 1.08 bits per heavy atom. The van der Waals surface area contributed by atoms with Gasteiger partial charge < -0.3 is 14.4 Å². The molecule has 0 saturated heterocycles. The van der Waals surface area contributed by atoms with E-state index in [1.54, 1.807) is 6.07 Å². The first-order chi connectivity index (χ1) is 18.0. The van der Waals surface area contributed by atoms with Gasteiger partial charge in [0.05, 0.1) is 17.3 Å². The number of carboxylic acids is 1. The highest BCUT2D eigenvalue weighted by atomic mass is 16.6. The number of non-ortho nitro benzene ring substituents is 1. The summed E-state index contributed by atoms with van der Waals surface area (Å²) in [7, 11) is 0. The van der Waals surface area contributed by atoms with Crippen molar-refractivity contribution in [3.8, 4) is 11.6 Å². The number of rotatable bonds is 9. The summed E-state index contributed by atoms with van der Waals surface area (Å²) >= 11 is 0. The Morgan fingerprint density at radius 3 is 2.59 bits per heavy atom. The van der Waals surface area contributed by atoms with Crippen LogP contribution in [-0.4, -0.2) is 35.5 Å². The molecule has 2 heterocycles. The lowest BCUT2D eigenvalue weighted by Gasteiger charge is -2.22. The van der Waals surface area contributed by atoms with E-state index in [4.69, 9.17) is 4.74 Å². The van der Waals surface area contributed by atoms with E-state index < -0.39 is 10.9 Å². The predicted octanol–water partition coefficient (Wildman–Crippen LogP) is 5.44. The molecule has 2 aromatic heterocycles. The predicted molar refractivity (Wildman–Crippen MR) is 136 cm³/mol. The van der Waals surface area contributed by atoms with Crippen LogP contribution < -0.4 is 4.74 Å². The second-order valence-electron chi connectivity index (χ2n) is 9.32. The van der Waals surface area contributed by atoms with Crippen molar-refractivity contribution in [1.82, 2.24) is 19.5 Å². The number of aryl methyl sites for hydroxylation is 2. The van der Waals surface area contributed by atoms with E-state index in [-0.39, 0.29) is 29.4 Å². The SMILES string of the molecule is O=C(O)Cn1cnc2c(Oc3cccc([N+](=O)[O-])c3)nc(CCc3ccc(C4CCCCC4)cc3)nc21. The van der Waals surface area contributed by atoms with E-state index in [1.165, 1.54) is 66.8 Å². The molecule has 10 nitrogen and oxygen atoms in total. The van der Waals surface area contributed by atoms with E-state index in [9.17, 15) is 20.0 Å². The summed E-state index contributed by atoms with van der Waals surface area (Å²) in [5, 5.41) is 20.4. The molecule has 0 aliphatic heterocycles. The maximum atomic E-state index is 11.3. The third-order valence-corrected chi connectivity index (χ3v) is 6.72. The maximum Gasteiger partial charge on any atom is 0.323 e. The normalized spacial score (nSPS) is 14.1. The summed E-state index contributed by atoms with van der Waals surface area (Å²) < 4.78 is 7.32. The highest BCUT2D eigenvalue weighted by Crippen LogP contribution is 2.33. The van der Waals surface area contributed by atoms with Crippen LogP contribution in [0.5, 0.6) is 11.6 Å². The largest absolute Gasteiger partial charge is 0.480 e. The van der Waals surface area contributed by atoms with E-state index in [0.29, 0.717) is 30.2 Å². The molecule has 4 aromatic rings. The van der Waals surface area contributed by atoms with Crippen LogP contribution in [0.3, 0.4) is 0 Å². The number of aromatic nitrogens is 4. The topological polar surface area (TPSA) is 133 Å². The number of nitro groups is 1. The lowest BCUT2D eigenvalue weighted by atomic mass is 9.84. The molecule has 0 bridgehead atoms. The van der Waals surface area contributed by atoms with E-state index in [0.717, 1.165) is 5.56 Å². The summed E-state index contributed by atoms with van der Waals surface area (Å²) in [6.07, 6.45) is 9.01. The zero-order valence-electron chi connectivity index (χ0n) is 20.2. The zero-order chi connectivity index (χ0) is 25.8. The molecule has 37 heavy (non-hydrogen) atoms. The molecule has 1 N–H and O–H groups in total. The molecule has 0 atom stereocenters. The quantitative estimate of drug-likeness (QED) is 0.237. The van der Waals surface area contributed by atoms with Crippen LogP contribution in [0.1, 0.15) is 55.0 Å². The van der Waals surface area contributed by atoms with Gasteiger partial charge in [0.25, 0.3) is 11.6 Å². The Bertz CT molecular complexity index is 1430. The van der Waals surface area contributed by atoms with Gasteiger partial charge in [-0.3, -0.25) is 14.9 Å². The van der Waals surface area contributed by atoms with E-state index in [1.807, 2.05) is 0 Å². The molecule has 1 fully saturated rings. The fourth-order valence-corrected chi connectivity index (χ4v) is 4.83. The molecule has 1 aliphatic rings. The van der Waals surface area contributed by atoms with Gasteiger partial charge in [-0.25, -0.2) is 9.97 Å². The Kier molecular flexibility index (Phi) is 7.07. The van der Waals surface area contributed by atoms with Crippen molar-refractivity contribution in [2.45, 2.75) is 57.4 Å². The molecule has 190 valence electrons. The lowest BCUT2D eigenvalue weighted by Crippen LogP contribution is -2.09. The van der Waals surface area contributed by atoms with Gasteiger partial charge in [-0.1, -0.05) is 49.6 Å². The molecule has 1 aliphatic carbocycles. The average Bonchev–Trinajstić information content (AvgIpc) is 3.30. The van der Waals surface area contributed by atoms with Crippen molar-refractivity contribution in [2.24, 2.45) is 0 Å². The van der Waals surface area contributed by atoms with Crippen LogP contribution >= 0.6 is 0 Å². The van der Waals surface area contributed by atoms with Gasteiger partial charge in [0.2, 0.25) is 0 Å². The molecule has 0 spiro atoms. The second-order valence-corrected chi connectivity index (χ2v) is 9.32. The average molecular weight is 502 g/mol. The molecular weight excluding hydrogens is 474 g/mol. The molecule has 5 rings (SSSR count).